The standard InChI is InChI=1S/C24H21N5O2/c1-30-9-10-31-23-13-22-20(12-19(23)17-3-2-7-25-14-17)24(28-15-27-22)29-18-4-5-21-16(11-18)6-8-26-21/h2-8,11-15,26H,9-10H2,1H3,(H,27,28,29). The number of rotatable bonds is 7. The second kappa shape index (κ2) is 8.41. The maximum absolute atomic E-state index is 6.00. The Hall–Kier alpha value is -3.97. The highest BCUT2D eigenvalue weighted by molar-refractivity contribution is 5.96. The predicted octanol–water partition coefficient (Wildman–Crippen LogP) is 4.94. The Labute approximate surface area is 179 Å². The van der Waals surface area contributed by atoms with Crippen molar-refractivity contribution in [1.82, 2.24) is 19.9 Å². The Morgan fingerprint density at radius 2 is 2.00 bits per heavy atom. The Bertz CT molecular complexity index is 1330. The summed E-state index contributed by atoms with van der Waals surface area (Å²) in [6.07, 6.45) is 7.06. The molecule has 0 atom stereocenters. The van der Waals surface area contributed by atoms with E-state index in [0.29, 0.717) is 13.2 Å². The third-order valence-corrected chi connectivity index (χ3v) is 5.07. The molecule has 0 aliphatic carbocycles. The molecule has 0 saturated carbocycles. The number of hydrogen-bond acceptors (Lipinski definition) is 6. The van der Waals surface area contributed by atoms with Gasteiger partial charge in [0.15, 0.2) is 0 Å². The number of anilines is 2. The lowest BCUT2D eigenvalue weighted by molar-refractivity contribution is 0.146. The summed E-state index contributed by atoms with van der Waals surface area (Å²) in [6, 6.07) is 16.1. The average molecular weight is 411 g/mol. The van der Waals surface area contributed by atoms with Crippen molar-refractivity contribution in [3.63, 3.8) is 0 Å². The first-order valence-electron chi connectivity index (χ1n) is 9.97. The first-order valence-corrected chi connectivity index (χ1v) is 9.97. The molecule has 2 N–H and O–H groups in total. The molecule has 0 radical (unpaired) electrons. The lowest BCUT2D eigenvalue weighted by atomic mass is 10.0. The summed E-state index contributed by atoms with van der Waals surface area (Å²) < 4.78 is 11.1. The number of hydrogen-bond donors (Lipinski definition) is 2. The summed E-state index contributed by atoms with van der Waals surface area (Å²) in [7, 11) is 1.65. The van der Waals surface area contributed by atoms with E-state index in [0.717, 1.165) is 50.2 Å². The fourth-order valence-electron chi connectivity index (χ4n) is 3.55. The zero-order chi connectivity index (χ0) is 21.0. The molecule has 0 bridgehead atoms. The normalized spacial score (nSPS) is 11.1. The second-order valence-corrected chi connectivity index (χ2v) is 7.08. The summed E-state index contributed by atoms with van der Waals surface area (Å²) in [6.45, 7) is 0.949. The lowest BCUT2D eigenvalue weighted by Gasteiger charge is -2.15. The molecule has 7 nitrogen and oxygen atoms in total. The predicted molar refractivity (Wildman–Crippen MR) is 122 cm³/mol. The maximum atomic E-state index is 6.00. The molecular formula is C24H21N5O2. The number of nitrogens with zero attached hydrogens (tertiary/aromatic N) is 3. The van der Waals surface area contributed by atoms with Crippen LogP contribution >= 0.6 is 0 Å². The van der Waals surface area contributed by atoms with E-state index in [9.17, 15) is 0 Å². The van der Waals surface area contributed by atoms with Crippen LogP contribution in [0.15, 0.2) is 73.4 Å². The van der Waals surface area contributed by atoms with Gasteiger partial charge >= 0.3 is 0 Å². The van der Waals surface area contributed by atoms with Gasteiger partial charge in [0, 0.05) is 64.9 Å². The molecule has 3 aromatic heterocycles. The first-order chi connectivity index (χ1) is 15.3. The number of methoxy groups -OCH3 is 1. The minimum atomic E-state index is 0.447. The number of aromatic amines is 1. The number of fused-ring (bicyclic) bond motifs is 2. The number of ether oxygens (including phenoxy) is 2. The van der Waals surface area contributed by atoms with E-state index in [1.165, 1.54) is 0 Å². The number of pyridine rings is 1. The second-order valence-electron chi connectivity index (χ2n) is 7.08. The SMILES string of the molecule is COCCOc1cc2ncnc(Nc3ccc4[nH]ccc4c3)c2cc1-c1cccnc1. The van der Waals surface area contributed by atoms with Crippen LogP contribution in [0.1, 0.15) is 0 Å². The maximum Gasteiger partial charge on any atom is 0.141 e. The molecule has 0 spiro atoms. The lowest BCUT2D eigenvalue weighted by Crippen LogP contribution is -2.05. The van der Waals surface area contributed by atoms with Crippen LogP contribution in [0.25, 0.3) is 32.9 Å². The average Bonchev–Trinajstić information content (AvgIpc) is 3.28. The molecule has 154 valence electrons. The molecule has 0 aliphatic rings. The Morgan fingerprint density at radius 3 is 2.87 bits per heavy atom. The highest BCUT2D eigenvalue weighted by atomic mass is 16.5. The first kappa shape index (κ1) is 19.0. The van der Waals surface area contributed by atoms with Gasteiger partial charge in [-0.3, -0.25) is 4.98 Å². The van der Waals surface area contributed by atoms with Crippen molar-refractivity contribution in [2.24, 2.45) is 0 Å². The molecule has 0 unspecified atom stereocenters. The van der Waals surface area contributed by atoms with Crippen LogP contribution < -0.4 is 10.1 Å². The molecule has 0 saturated heterocycles. The largest absolute Gasteiger partial charge is 0.490 e. The minimum absolute atomic E-state index is 0.447. The Kier molecular flexibility index (Phi) is 5.16. The zero-order valence-electron chi connectivity index (χ0n) is 17.0. The topological polar surface area (TPSA) is 85.0 Å². The molecule has 5 aromatic rings. The van der Waals surface area contributed by atoms with Crippen molar-refractivity contribution in [1.29, 1.82) is 0 Å². The van der Waals surface area contributed by atoms with Crippen molar-refractivity contribution in [2.75, 3.05) is 25.6 Å². The number of nitrogens with one attached hydrogen (secondary N) is 2. The van der Waals surface area contributed by atoms with Crippen molar-refractivity contribution in [3.8, 4) is 16.9 Å². The Morgan fingerprint density at radius 1 is 1.03 bits per heavy atom. The molecule has 0 aliphatic heterocycles. The van der Waals surface area contributed by atoms with Crippen LogP contribution in [0.5, 0.6) is 5.75 Å². The van der Waals surface area contributed by atoms with Crippen LogP contribution in [0.2, 0.25) is 0 Å². The summed E-state index contributed by atoms with van der Waals surface area (Å²) in [5.41, 5.74) is 4.72. The van der Waals surface area contributed by atoms with Gasteiger partial charge < -0.3 is 19.8 Å². The van der Waals surface area contributed by atoms with Gasteiger partial charge in [0.05, 0.1) is 12.1 Å². The van der Waals surface area contributed by atoms with Crippen LogP contribution in [-0.4, -0.2) is 40.3 Å². The molecule has 7 heteroatoms. The van der Waals surface area contributed by atoms with E-state index in [1.54, 1.807) is 19.6 Å². The van der Waals surface area contributed by atoms with Gasteiger partial charge in [0.2, 0.25) is 0 Å². The van der Waals surface area contributed by atoms with E-state index in [2.05, 4.69) is 31.3 Å². The van der Waals surface area contributed by atoms with Crippen molar-refractivity contribution in [2.45, 2.75) is 0 Å². The summed E-state index contributed by atoms with van der Waals surface area (Å²) in [5.74, 6) is 1.46. The van der Waals surface area contributed by atoms with Crippen molar-refractivity contribution >= 4 is 33.3 Å². The van der Waals surface area contributed by atoms with E-state index in [-0.39, 0.29) is 0 Å². The van der Waals surface area contributed by atoms with Gasteiger partial charge in [-0.05, 0) is 36.4 Å². The van der Waals surface area contributed by atoms with E-state index < -0.39 is 0 Å². The van der Waals surface area contributed by atoms with Crippen LogP contribution in [0.4, 0.5) is 11.5 Å². The molecule has 0 fully saturated rings. The van der Waals surface area contributed by atoms with E-state index in [1.807, 2.05) is 54.9 Å². The fourth-order valence-corrected chi connectivity index (χ4v) is 3.55. The van der Waals surface area contributed by atoms with Gasteiger partial charge in [-0.15, -0.1) is 0 Å². The Balaban J connectivity index is 1.59. The number of H-pyrrole nitrogens is 1. The molecule has 0 amide bonds. The van der Waals surface area contributed by atoms with Gasteiger partial charge in [-0.2, -0.15) is 0 Å². The van der Waals surface area contributed by atoms with Crippen LogP contribution in [0, 0.1) is 0 Å². The van der Waals surface area contributed by atoms with Crippen molar-refractivity contribution in [3.05, 3.63) is 73.4 Å². The van der Waals surface area contributed by atoms with Crippen molar-refractivity contribution < 1.29 is 9.47 Å². The van der Waals surface area contributed by atoms with Gasteiger partial charge in [0.25, 0.3) is 0 Å². The number of aromatic nitrogens is 4. The molecule has 31 heavy (non-hydrogen) atoms. The summed E-state index contributed by atoms with van der Waals surface area (Å²) >= 11 is 0. The molecule has 3 heterocycles. The highest BCUT2D eigenvalue weighted by Gasteiger charge is 2.13. The third kappa shape index (κ3) is 3.91. The monoisotopic (exact) mass is 411 g/mol. The molecule has 5 rings (SSSR count). The summed E-state index contributed by atoms with van der Waals surface area (Å²) in [4.78, 5) is 16.4. The number of benzene rings is 2. The van der Waals surface area contributed by atoms with Crippen LogP contribution in [0.3, 0.4) is 0 Å². The minimum Gasteiger partial charge on any atom is -0.490 e. The van der Waals surface area contributed by atoms with Crippen LogP contribution in [-0.2, 0) is 4.74 Å². The quantitative estimate of drug-likeness (QED) is 0.369. The van der Waals surface area contributed by atoms with Gasteiger partial charge in [-0.1, -0.05) is 6.07 Å². The summed E-state index contributed by atoms with van der Waals surface area (Å²) in [5, 5.41) is 5.47. The van der Waals surface area contributed by atoms with E-state index >= 15 is 0 Å². The fraction of sp³-hybridized carbons (Fsp3) is 0.125. The zero-order valence-corrected chi connectivity index (χ0v) is 17.0. The molecular weight excluding hydrogens is 390 g/mol. The van der Waals surface area contributed by atoms with Gasteiger partial charge in [0.1, 0.15) is 24.5 Å². The highest BCUT2D eigenvalue weighted by Crippen LogP contribution is 2.36. The third-order valence-electron chi connectivity index (χ3n) is 5.07. The smallest absolute Gasteiger partial charge is 0.141 e. The van der Waals surface area contributed by atoms with Gasteiger partial charge in [-0.25, -0.2) is 9.97 Å². The van der Waals surface area contributed by atoms with E-state index in [4.69, 9.17) is 9.47 Å². The molecule has 2 aromatic carbocycles.